The number of ether oxygens (including phenoxy) is 4. The molecule has 3 unspecified atom stereocenters. The van der Waals surface area contributed by atoms with Gasteiger partial charge >= 0.3 is 0 Å². The van der Waals surface area contributed by atoms with Crippen molar-refractivity contribution in [1.29, 1.82) is 0 Å². The van der Waals surface area contributed by atoms with Gasteiger partial charge in [-0.15, -0.1) is 0 Å². The van der Waals surface area contributed by atoms with Crippen molar-refractivity contribution in [3.63, 3.8) is 0 Å². The third-order valence-electron chi connectivity index (χ3n) is 6.49. The molecule has 0 saturated carbocycles. The van der Waals surface area contributed by atoms with Gasteiger partial charge in [-0.1, -0.05) is 35.1 Å². The highest BCUT2D eigenvalue weighted by atomic mass is 16.6. The normalized spacial score (nSPS) is 44.6. The van der Waals surface area contributed by atoms with E-state index >= 15 is 0 Å². The molecule has 0 amide bonds. The van der Waals surface area contributed by atoms with Gasteiger partial charge in [-0.3, -0.25) is 0 Å². The first-order valence-corrected chi connectivity index (χ1v) is 9.82. The van der Waals surface area contributed by atoms with Crippen molar-refractivity contribution in [3.05, 3.63) is 0 Å². The van der Waals surface area contributed by atoms with Crippen molar-refractivity contribution >= 4 is 52.3 Å². The Kier molecular flexibility index (Phi) is 9.92. The average molecular weight is 374 g/mol. The SMILES string of the molecule is C.[B][B]B([B])[B].[B][C@@H]1O[C@@]2(CC)COC1C2C.[B][C@@H]1O[C@]2(CC)COC1[C@@H]2C. The van der Waals surface area contributed by atoms with E-state index in [9.17, 15) is 0 Å². The van der Waals surface area contributed by atoms with Crippen LogP contribution < -0.4 is 0 Å². The largest absolute Gasteiger partial charge is 0.376 e. The summed E-state index contributed by atoms with van der Waals surface area (Å²) in [6.07, 6.45) is 1.80. The van der Waals surface area contributed by atoms with Gasteiger partial charge in [-0.05, 0) is 12.8 Å². The summed E-state index contributed by atoms with van der Waals surface area (Å²) in [6.45, 7) is 10.0. The minimum atomic E-state index is -0.463. The third kappa shape index (κ3) is 4.95. The molecule has 11 heteroatoms. The van der Waals surface area contributed by atoms with Crippen LogP contribution in [0.4, 0.5) is 0 Å². The topological polar surface area (TPSA) is 36.9 Å². The molecule has 0 aromatic heterocycles. The minimum absolute atomic E-state index is 0. The predicted octanol–water partition coefficient (Wildman–Crippen LogP) is 0.122. The van der Waals surface area contributed by atoms with Crippen molar-refractivity contribution in [2.24, 2.45) is 11.8 Å². The van der Waals surface area contributed by atoms with Gasteiger partial charge < -0.3 is 18.9 Å². The lowest BCUT2D eigenvalue weighted by Crippen LogP contribution is -2.37. The molecule has 4 fully saturated rings. The molecule has 8 atom stereocenters. The summed E-state index contributed by atoms with van der Waals surface area (Å²) in [5, 5.41) is 0. The fraction of sp³-hybridized carbons (Fsp3) is 1.00. The summed E-state index contributed by atoms with van der Waals surface area (Å²) in [5.74, 6) is 0.921. The van der Waals surface area contributed by atoms with E-state index in [2.05, 4.69) is 27.7 Å². The molecule has 4 aliphatic rings. The second-order valence-electron chi connectivity index (χ2n) is 7.90. The lowest BCUT2D eigenvalue weighted by Gasteiger charge is -2.29. The van der Waals surface area contributed by atoms with Crippen molar-refractivity contribution in [1.82, 2.24) is 0 Å². The van der Waals surface area contributed by atoms with Crippen LogP contribution in [0.25, 0.3) is 0 Å². The molecular formula is C17H30B7O4. The van der Waals surface area contributed by atoms with Gasteiger partial charge in [-0.2, -0.15) is 0 Å². The number of hydrogen-bond donors (Lipinski definition) is 0. The lowest BCUT2D eigenvalue weighted by atomic mass is 8.97. The van der Waals surface area contributed by atoms with E-state index in [0.717, 1.165) is 26.1 Å². The van der Waals surface area contributed by atoms with Crippen LogP contribution in [0.15, 0.2) is 0 Å². The quantitative estimate of drug-likeness (QED) is 0.658. The van der Waals surface area contributed by atoms with E-state index in [0.29, 0.717) is 11.8 Å². The molecule has 28 heavy (non-hydrogen) atoms. The van der Waals surface area contributed by atoms with Crippen LogP contribution in [0.1, 0.15) is 48.0 Å². The zero-order valence-electron chi connectivity index (χ0n) is 17.0. The lowest BCUT2D eigenvalue weighted by molar-refractivity contribution is -0.115. The Balaban J connectivity index is 0.000000222. The third-order valence-corrected chi connectivity index (χ3v) is 6.49. The fourth-order valence-electron chi connectivity index (χ4n) is 4.36. The van der Waals surface area contributed by atoms with E-state index in [1.165, 1.54) is 7.06 Å². The van der Waals surface area contributed by atoms with Gasteiger partial charge in [0.25, 0.3) is 0 Å². The second-order valence-corrected chi connectivity index (χ2v) is 7.90. The molecule has 11 radical (unpaired) electrons. The molecular weight excluding hydrogens is 344 g/mol. The Bertz CT molecular complexity index is 450. The van der Waals surface area contributed by atoms with Crippen molar-refractivity contribution in [3.8, 4) is 0 Å². The molecule has 0 aliphatic carbocycles. The Morgan fingerprint density at radius 1 is 0.893 bits per heavy atom. The van der Waals surface area contributed by atoms with Crippen LogP contribution in [0, 0.1) is 11.8 Å². The predicted molar refractivity (Wildman–Crippen MR) is 121 cm³/mol. The van der Waals surface area contributed by atoms with Gasteiger partial charge in [0.05, 0.1) is 36.6 Å². The molecule has 4 nitrogen and oxygen atoms in total. The van der Waals surface area contributed by atoms with E-state index in [-0.39, 0.29) is 42.8 Å². The standard InChI is InChI=1S/2C8H13BO2.CH4.B5/c2*1-3-8-4-10-6(5(8)2)7(9)11-8;;1-4-5(2)3/h2*5-7H,3-4H2,1-2H3;1H4;/t5?,6?,7-,8+;5-,6?,7+,8+;;/m10../s1. The molecule has 4 bridgehead atoms. The Morgan fingerprint density at radius 3 is 1.32 bits per heavy atom. The molecule has 0 aromatic carbocycles. The van der Waals surface area contributed by atoms with E-state index in [1.54, 1.807) is 0 Å². The zero-order valence-corrected chi connectivity index (χ0v) is 17.0. The molecule has 4 rings (SSSR count). The highest BCUT2D eigenvalue weighted by molar-refractivity contribution is 7.60. The van der Waals surface area contributed by atoms with Crippen molar-refractivity contribution < 1.29 is 18.9 Å². The monoisotopic (exact) mass is 375 g/mol. The summed E-state index contributed by atoms with van der Waals surface area (Å²) in [4.78, 5) is 0. The van der Waals surface area contributed by atoms with Crippen LogP contribution in [-0.4, -0.2) is 101 Å². The number of hydrogen-bond acceptors (Lipinski definition) is 4. The van der Waals surface area contributed by atoms with Crippen LogP contribution in [0.5, 0.6) is 0 Å². The summed E-state index contributed by atoms with van der Waals surface area (Å²) in [7, 11) is 27.2. The molecule has 0 spiro atoms. The van der Waals surface area contributed by atoms with Gasteiger partial charge in [0.1, 0.15) is 15.7 Å². The van der Waals surface area contributed by atoms with Gasteiger partial charge in [-0.25, -0.2) is 0 Å². The van der Waals surface area contributed by atoms with Crippen LogP contribution >= 0.6 is 0 Å². The zero-order chi connectivity index (χ0) is 20.4. The number of fused-ring (bicyclic) bond motifs is 4. The molecule has 4 saturated heterocycles. The number of rotatable bonds is 3. The fourth-order valence-corrected chi connectivity index (χ4v) is 4.36. The summed E-state index contributed by atoms with van der Waals surface area (Å²) >= 11 is 0. The smallest absolute Gasteiger partial charge is 0.112 e. The van der Waals surface area contributed by atoms with Gasteiger partial charge in [0, 0.05) is 60.5 Å². The Hall–Kier alpha value is 0.295. The summed E-state index contributed by atoms with van der Waals surface area (Å²) in [6, 6.07) is -0.391. The van der Waals surface area contributed by atoms with Gasteiger partial charge in [0.2, 0.25) is 0 Å². The van der Waals surface area contributed by atoms with Crippen molar-refractivity contribution in [2.75, 3.05) is 13.2 Å². The molecule has 0 aromatic rings. The van der Waals surface area contributed by atoms with E-state index in [4.69, 9.17) is 57.9 Å². The Morgan fingerprint density at radius 2 is 1.21 bits per heavy atom. The first-order chi connectivity index (χ1) is 12.7. The molecule has 4 heterocycles. The molecule has 4 aliphatic heterocycles. The highest BCUT2D eigenvalue weighted by Crippen LogP contribution is 2.46. The van der Waals surface area contributed by atoms with Crippen LogP contribution in [0.3, 0.4) is 0 Å². The minimum Gasteiger partial charge on any atom is -0.376 e. The Labute approximate surface area is 180 Å². The molecule has 0 N–H and O–H groups in total. The second kappa shape index (κ2) is 10.5. The summed E-state index contributed by atoms with van der Waals surface area (Å²) in [5.41, 5.74) is -0.131. The van der Waals surface area contributed by atoms with E-state index < -0.39 is 6.39 Å². The van der Waals surface area contributed by atoms with Crippen molar-refractivity contribution in [2.45, 2.75) is 83.4 Å². The first-order valence-electron chi connectivity index (χ1n) is 9.82. The highest BCUT2D eigenvalue weighted by Gasteiger charge is 2.56. The van der Waals surface area contributed by atoms with Crippen LogP contribution in [-0.2, 0) is 18.9 Å². The van der Waals surface area contributed by atoms with Crippen LogP contribution in [0.2, 0.25) is 0 Å². The summed E-state index contributed by atoms with van der Waals surface area (Å²) < 4.78 is 22.4. The maximum absolute atomic E-state index is 5.72. The maximum Gasteiger partial charge on any atom is 0.112 e. The average Bonchev–Trinajstić information content (AvgIpc) is 3.30. The molecule has 143 valence electrons. The van der Waals surface area contributed by atoms with E-state index in [1.807, 2.05) is 0 Å². The maximum atomic E-state index is 5.72. The first kappa shape index (κ1) is 26.3. The van der Waals surface area contributed by atoms with Gasteiger partial charge in [0.15, 0.2) is 0 Å².